The van der Waals surface area contributed by atoms with Gasteiger partial charge in [-0.2, -0.15) is 0 Å². The van der Waals surface area contributed by atoms with Crippen LogP contribution in [0.1, 0.15) is 33.6 Å². The van der Waals surface area contributed by atoms with Gasteiger partial charge in [-0.05, 0) is 27.2 Å². The maximum absolute atomic E-state index is 10.9. The topological polar surface area (TPSA) is 61.4 Å². The Morgan fingerprint density at radius 1 is 1.64 bits per heavy atom. The van der Waals surface area contributed by atoms with Gasteiger partial charge in [0.2, 0.25) is 5.91 Å². The van der Waals surface area contributed by atoms with E-state index in [1.54, 1.807) is 13.8 Å². The lowest BCUT2D eigenvalue weighted by atomic mass is 9.98. The van der Waals surface area contributed by atoms with Crippen LogP contribution in [0.2, 0.25) is 0 Å². The summed E-state index contributed by atoms with van der Waals surface area (Å²) in [6, 6.07) is 0.316. The first-order chi connectivity index (χ1) is 6.39. The second-order valence-electron chi connectivity index (χ2n) is 4.58. The molecule has 0 aliphatic carbocycles. The Hall–Kier alpha value is -0.610. The first-order valence-corrected chi connectivity index (χ1v) is 5.14. The van der Waals surface area contributed by atoms with Gasteiger partial charge in [0.15, 0.2) is 0 Å². The van der Waals surface area contributed by atoms with Gasteiger partial charge in [-0.25, -0.2) is 0 Å². The van der Waals surface area contributed by atoms with Gasteiger partial charge in [0.1, 0.15) is 0 Å². The molecule has 82 valence electrons. The molecule has 1 saturated heterocycles. The number of carbonyl (C=O) groups is 1. The summed E-state index contributed by atoms with van der Waals surface area (Å²) in [5.74, 6) is 0.124. The second-order valence-corrected chi connectivity index (χ2v) is 4.58. The van der Waals surface area contributed by atoms with Gasteiger partial charge in [0.25, 0.3) is 0 Å². The predicted molar refractivity (Wildman–Crippen MR) is 54.9 cm³/mol. The number of piperidine rings is 1. The van der Waals surface area contributed by atoms with Crippen molar-refractivity contribution in [2.75, 3.05) is 6.54 Å². The molecule has 0 aromatic carbocycles. The van der Waals surface area contributed by atoms with Crippen LogP contribution in [-0.4, -0.2) is 35.2 Å². The Balaban J connectivity index is 2.34. The molecule has 0 aromatic heterocycles. The van der Waals surface area contributed by atoms with Crippen LogP contribution in [0.4, 0.5) is 0 Å². The van der Waals surface area contributed by atoms with Gasteiger partial charge >= 0.3 is 0 Å². The van der Waals surface area contributed by atoms with E-state index in [0.29, 0.717) is 13.0 Å². The molecule has 0 radical (unpaired) electrons. The number of carbonyl (C=O) groups excluding carboxylic acids is 1. The van der Waals surface area contributed by atoms with Gasteiger partial charge in [-0.3, -0.25) is 4.79 Å². The molecule has 2 atom stereocenters. The molecule has 1 aliphatic heterocycles. The summed E-state index contributed by atoms with van der Waals surface area (Å²) < 4.78 is 0. The van der Waals surface area contributed by atoms with Crippen molar-refractivity contribution >= 4 is 5.91 Å². The number of hydrogen-bond acceptors (Lipinski definition) is 3. The first-order valence-electron chi connectivity index (χ1n) is 5.14. The molecule has 4 heteroatoms. The van der Waals surface area contributed by atoms with E-state index in [4.69, 9.17) is 0 Å². The predicted octanol–water partition coefficient (Wildman–Crippen LogP) is 0.0140. The monoisotopic (exact) mass is 200 g/mol. The normalized spacial score (nSPS) is 25.7. The largest absolute Gasteiger partial charge is 0.389 e. The lowest BCUT2D eigenvalue weighted by Gasteiger charge is -2.33. The molecule has 0 bridgehead atoms. The minimum absolute atomic E-state index is 0.0301. The fourth-order valence-electron chi connectivity index (χ4n) is 1.43. The molecule has 3 N–H and O–H groups in total. The van der Waals surface area contributed by atoms with E-state index >= 15 is 0 Å². The Kier molecular flexibility index (Phi) is 3.50. The Bertz CT molecular complexity index is 201. The molecule has 0 saturated carbocycles. The third-order valence-corrected chi connectivity index (χ3v) is 2.81. The van der Waals surface area contributed by atoms with E-state index in [1.165, 1.54) is 0 Å². The molecular formula is C10H20N2O2. The molecule has 4 nitrogen and oxygen atoms in total. The summed E-state index contributed by atoms with van der Waals surface area (Å²) in [4.78, 5) is 10.9. The van der Waals surface area contributed by atoms with Gasteiger partial charge in [0.05, 0.1) is 5.60 Å². The average molecular weight is 200 g/mol. The minimum atomic E-state index is -0.721. The number of nitrogens with one attached hydrogen (secondary N) is 2. The molecule has 1 amide bonds. The molecule has 14 heavy (non-hydrogen) atoms. The van der Waals surface area contributed by atoms with E-state index in [-0.39, 0.29) is 18.0 Å². The molecule has 0 aromatic rings. The van der Waals surface area contributed by atoms with Crippen LogP contribution in [0, 0.1) is 0 Å². The van der Waals surface area contributed by atoms with Crippen molar-refractivity contribution < 1.29 is 9.90 Å². The van der Waals surface area contributed by atoms with Crippen LogP contribution >= 0.6 is 0 Å². The minimum Gasteiger partial charge on any atom is -0.389 e. The molecule has 1 heterocycles. The maximum atomic E-state index is 10.9. The quantitative estimate of drug-likeness (QED) is 0.601. The van der Waals surface area contributed by atoms with Gasteiger partial charge < -0.3 is 15.7 Å². The van der Waals surface area contributed by atoms with Crippen molar-refractivity contribution in [1.29, 1.82) is 0 Å². The maximum Gasteiger partial charge on any atom is 0.220 e. The lowest BCUT2D eigenvalue weighted by molar-refractivity contribution is -0.122. The van der Waals surface area contributed by atoms with Gasteiger partial charge in [-0.1, -0.05) is 0 Å². The Morgan fingerprint density at radius 3 is 2.71 bits per heavy atom. The van der Waals surface area contributed by atoms with Crippen molar-refractivity contribution in [3.63, 3.8) is 0 Å². The summed E-state index contributed by atoms with van der Waals surface area (Å²) in [5.41, 5.74) is -0.721. The molecule has 2 unspecified atom stereocenters. The van der Waals surface area contributed by atoms with Crippen molar-refractivity contribution in [2.45, 2.75) is 51.3 Å². The standard InChI is InChI=1S/C10H20N2O2/c1-7(10(2,3)14)12-8-4-5-9(13)11-6-8/h7-8,12,14H,4-6H2,1-3H3,(H,11,13). The number of amides is 1. The Morgan fingerprint density at radius 2 is 2.29 bits per heavy atom. The zero-order valence-electron chi connectivity index (χ0n) is 9.13. The van der Waals surface area contributed by atoms with Crippen LogP contribution in [0.25, 0.3) is 0 Å². The van der Waals surface area contributed by atoms with Crippen LogP contribution in [0.15, 0.2) is 0 Å². The molecule has 1 fully saturated rings. The lowest BCUT2D eigenvalue weighted by Crippen LogP contribution is -2.54. The number of hydrogen-bond donors (Lipinski definition) is 3. The number of aliphatic hydroxyl groups is 1. The molecule has 1 aliphatic rings. The summed E-state index contributed by atoms with van der Waals surface area (Å²) in [6.45, 7) is 6.19. The Labute approximate surface area is 85.1 Å². The highest BCUT2D eigenvalue weighted by molar-refractivity contribution is 5.76. The number of rotatable bonds is 3. The second kappa shape index (κ2) is 4.28. The fourth-order valence-corrected chi connectivity index (χ4v) is 1.43. The van der Waals surface area contributed by atoms with Gasteiger partial charge in [0, 0.05) is 25.0 Å². The molecular weight excluding hydrogens is 180 g/mol. The summed E-state index contributed by atoms with van der Waals surface area (Å²) in [7, 11) is 0. The van der Waals surface area contributed by atoms with E-state index in [1.807, 2.05) is 6.92 Å². The SMILES string of the molecule is CC(NC1CCC(=O)NC1)C(C)(C)O. The van der Waals surface area contributed by atoms with E-state index in [2.05, 4.69) is 10.6 Å². The third-order valence-electron chi connectivity index (χ3n) is 2.81. The smallest absolute Gasteiger partial charge is 0.220 e. The highest BCUT2D eigenvalue weighted by atomic mass is 16.3. The molecule has 0 spiro atoms. The van der Waals surface area contributed by atoms with Crippen LogP contribution in [0.3, 0.4) is 0 Å². The van der Waals surface area contributed by atoms with Crippen molar-refractivity contribution in [2.24, 2.45) is 0 Å². The molecule has 1 rings (SSSR count). The zero-order valence-corrected chi connectivity index (χ0v) is 9.13. The highest BCUT2D eigenvalue weighted by Crippen LogP contribution is 2.11. The summed E-state index contributed by atoms with van der Waals surface area (Å²) in [6.07, 6.45) is 1.43. The summed E-state index contributed by atoms with van der Waals surface area (Å²) in [5, 5.41) is 15.8. The van der Waals surface area contributed by atoms with E-state index < -0.39 is 5.60 Å². The zero-order chi connectivity index (χ0) is 10.8. The van der Waals surface area contributed by atoms with Crippen LogP contribution in [0.5, 0.6) is 0 Å². The third kappa shape index (κ3) is 3.27. The van der Waals surface area contributed by atoms with E-state index in [0.717, 1.165) is 6.42 Å². The summed E-state index contributed by atoms with van der Waals surface area (Å²) >= 11 is 0. The van der Waals surface area contributed by atoms with Crippen molar-refractivity contribution in [3.8, 4) is 0 Å². The average Bonchev–Trinajstić information content (AvgIpc) is 2.07. The first kappa shape index (κ1) is 11.5. The highest BCUT2D eigenvalue weighted by Gasteiger charge is 2.26. The van der Waals surface area contributed by atoms with Crippen molar-refractivity contribution in [1.82, 2.24) is 10.6 Å². The van der Waals surface area contributed by atoms with Gasteiger partial charge in [-0.15, -0.1) is 0 Å². The van der Waals surface area contributed by atoms with Crippen LogP contribution in [-0.2, 0) is 4.79 Å². The van der Waals surface area contributed by atoms with E-state index in [9.17, 15) is 9.90 Å². The van der Waals surface area contributed by atoms with Crippen molar-refractivity contribution in [3.05, 3.63) is 0 Å². The van der Waals surface area contributed by atoms with Crippen LogP contribution < -0.4 is 10.6 Å². The fraction of sp³-hybridized carbons (Fsp3) is 0.900.